The van der Waals surface area contributed by atoms with E-state index >= 15 is 0 Å². The number of rotatable bonds is 4. The van der Waals surface area contributed by atoms with Gasteiger partial charge in [0.05, 0.1) is 0 Å². The Morgan fingerprint density at radius 1 is 1.11 bits per heavy atom. The van der Waals surface area contributed by atoms with Gasteiger partial charge in [-0.1, -0.05) is 29.8 Å². The Bertz CT molecular complexity index is 414. The minimum absolute atomic E-state index is 0.0600. The van der Waals surface area contributed by atoms with Gasteiger partial charge in [0, 0.05) is 16.0 Å². The van der Waals surface area contributed by atoms with Crippen molar-refractivity contribution in [1.82, 2.24) is 10.9 Å². The number of halogens is 1. The largest absolute Gasteiger partial charge is 0.273 e. The lowest BCUT2D eigenvalue weighted by Gasteiger charge is -2.13. The Balaban J connectivity index is 2.51. The predicted molar refractivity (Wildman–Crippen MR) is 73.8 cm³/mol. The van der Waals surface area contributed by atoms with Crippen LogP contribution in [0.15, 0.2) is 28.7 Å². The van der Waals surface area contributed by atoms with Crippen molar-refractivity contribution in [2.24, 2.45) is 5.92 Å². The average molecular weight is 313 g/mol. The summed E-state index contributed by atoms with van der Waals surface area (Å²) >= 11 is 3.29. The van der Waals surface area contributed by atoms with Gasteiger partial charge in [0.1, 0.15) is 0 Å². The molecular weight excluding hydrogens is 296 g/mol. The first-order valence-corrected chi connectivity index (χ1v) is 6.73. The van der Waals surface area contributed by atoms with Gasteiger partial charge in [-0.2, -0.15) is 0 Å². The molecule has 0 aliphatic heterocycles. The smallest absolute Gasteiger partial charge is 0.269 e. The molecule has 0 aliphatic rings. The van der Waals surface area contributed by atoms with Crippen molar-refractivity contribution >= 4 is 27.7 Å². The summed E-state index contributed by atoms with van der Waals surface area (Å²) in [6.45, 7) is 3.90. The van der Waals surface area contributed by atoms with E-state index in [1.807, 2.05) is 13.8 Å². The molecule has 1 aromatic carbocycles. The molecule has 0 radical (unpaired) electrons. The minimum Gasteiger partial charge on any atom is -0.273 e. The summed E-state index contributed by atoms with van der Waals surface area (Å²) in [7, 11) is 0. The molecule has 1 aromatic rings. The molecule has 0 heterocycles. The molecule has 2 N–H and O–H groups in total. The zero-order chi connectivity index (χ0) is 13.5. The molecule has 0 atom stereocenters. The summed E-state index contributed by atoms with van der Waals surface area (Å²) in [6, 6.07) is 6.92. The van der Waals surface area contributed by atoms with E-state index in [1.54, 1.807) is 24.3 Å². The third-order valence-corrected chi connectivity index (χ3v) is 3.29. The Morgan fingerprint density at radius 2 is 1.67 bits per heavy atom. The summed E-state index contributed by atoms with van der Waals surface area (Å²) in [6.07, 6.45) is 1.52. The Hall–Kier alpha value is -1.36. The maximum Gasteiger partial charge on any atom is 0.269 e. The van der Waals surface area contributed by atoms with Crippen LogP contribution in [0.1, 0.15) is 37.0 Å². The molecule has 2 amide bonds. The highest BCUT2D eigenvalue weighted by Gasteiger charge is 2.14. The molecule has 0 aromatic heterocycles. The molecule has 0 saturated heterocycles. The number of amides is 2. The highest BCUT2D eigenvalue weighted by Crippen LogP contribution is 2.10. The molecule has 0 bridgehead atoms. The summed E-state index contributed by atoms with van der Waals surface area (Å²) in [5, 5.41) is 0. The van der Waals surface area contributed by atoms with Crippen LogP contribution in [0, 0.1) is 5.92 Å². The van der Waals surface area contributed by atoms with Crippen LogP contribution >= 0.6 is 15.9 Å². The van der Waals surface area contributed by atoms with Crippen molar-refractivity contribution in [2.45, 2.75) is 26.7 Å². The molecule has 0 saturated carbocycles. The van der Waals surface area contributed by atoms with E-state index in [-0.39, 0.29) is 17.7 Å². The van der Waals surface area contributed by atoms with E-state index in [2.05, 4.69) is 26.8 Å². The molecule has 0 aliphatic carbocycles. The standard InChI is InChI=1S/C13H17BrN2O2/c1-3-9(4-2)12(17)15-16-13(18)10-5-7-11(14)8-6-10/h5-9H,3-4H2,1-2H3,(H,15,17)(H,16,18). The molecule has 18 heavy (non-hydrogen) atoms. The predicted octanol–water partition coefficient (Wildman–Crippen LogP) is 2.65. The fraction of sp³-hybridized carbons (Fsp3) is 0.385. The van der Waals surface area contributed by atoms with Gasteiger partial charge in [-0.15, -0.1) is 0 Å². The molecule has 1 rings (SSSR count). The number of carbonyl (C=O) groups is 2. The van der Waals surface area contributed by atoms with Gasteiger partial charge in [0.2, 0.25) is 5.91 Å². The van der Waals surface area contributed by atoms with Crippen molar-refractivity contribution in [3.63, 3.8) is 0 Å². The lowest BCUT2D eigenvalue weighted by Crippen LogP contribution is -2.44. The lowest BCUT2D eigenvalue weighted by molar-refractivity contribution is -0.125. The summed E-state index contributed by atoms with van der Waals surface area (Å²) in [5.41, 5.74) is 5.36. The fourth-order valence-corrected chi connectivity index (χ4v) is 1.82. The number of benzene rings is 1. The van der Waals surface area contributed by atoms with Gasteiger partial charge in [-0.05, 0) is 37.1 Å². The van der Waals surface area contributed by atoms with Gasteiger partial charge in [0.25, 0.3) is 5.91 Å². The Morgan fingerprint density at radius 3 is 2.17 bits per heavy atom. The molecular formula is C13H17BrN2O2. The van der Waals surface area contributed by atoms with Crippen molar-refractivity contribution in [2.75, 3.05) is 0 Å². The molecule has 4 nitrogen and oxygen atoms in total. The van der Waals surface area contributed by atoms with Gasteiger partial charge in [-0.25, -0.2) is 0 Å². The second kappa shape index (κ2) is 7.16. The molecule has 98 valence electrons. The van der Waals surface area contributed by atoms with Crippen LogP contribution in [0.3, 0.4) is 0 Å². The third-order valence-electron chi connectivity index (χ3n) is 2.76. The second-order valence-electron chi connectivity index (χ2n) is 3.96. The SMILES string of the molecule is CCC(CC)C(=O)NNC(=O)c1ccc(Br)cc1. The van der Waals surface area contributed by atoms with Crippen molar-refractivity contribution in [1.29, 1.82) is 0 Å². The number of carbonyl (C=O) groups excluding carboxylic acids is 2. The lowest BCUT2D eigenvalue weighted by atomic mass is 10.0. The highest BCUT2D eigenvalue weighted by molar-refractivity contribution is 9.10. The molecule has 0 unspecified atom stereocenters. The highest BCUT2D eigenvalue weighted by atomic mass is 79.9. The molecule has 0 spiro atoms. The first kappa shape index (κ1) is 14.7. The van der Waals surface area contributed by atoms with Crippen LogP contribution in [0.2, 0.25) is 0 Å². The quantitative estimate of drug-likeness (QED) is 0.840. The van der Waals surface area contributed by atoms with E-state index in [0.717, 1.165) is 17.3 Å². The van der Waals surface area contributed by atoms with Crippen molar-refractivity contribution < 1.29 is 9.59 Å². The van der Waals surface area contributed by atoms with Gasteiger partial charge in [0.15, 0.2) is 0 Å². The number of hydrogen-bond acceptors (Lipinski definition) is 2. The Kier molecular flexibility index (Phi) is 5.85. The normalized spacial score (nSPS) is 10.2. The van der Waals surface area contributed by atoms with E-state index < -0.39 is 0 Å². The summed E-state index contributed by atoms with van der Waals surface area (Å²) in [5.74, 6) is -0.525. The number of hydrogen-bond donors (Lipinski definition) is 2. The van der Waals surface area contributed by atoms with Gasteiger partial charge in [-0.3, -0.25) is 20.4 Å². The van der Waals surface area contributed by atoms with Crippen LogP contribution in [0.25, 0.3) is 0 Å². The number of hydrazine groups is 1. The van der Waals surface area contributed by atoms with Crippen molar-refractivity contribution in [3.8, 4) is 0 Å². The minimum atomic E-state index is -0.318. The van der Waals surface area contributed by atoms with Gasteiger partial charge < -0.3 is 0 Å². The van der Waals surface area contributed by atoms with E-state index in [4.69, 9.17) is 0 Å². The maximum absolute atomic E-state index is 11.7. The van der Waals surface area contributed by atoms with Crippen molar-refractivity contribution in [3.05, 3.63) is 34.3 Å². The van der Waals surface area contributed by atoms with Crippen LogP contribution in [0.5, 0.6) is 0 Å². The molecule has 0 fully saturated rings. The monoisotopic (exact) mass is 312 g/mol. The Labute approximate surface area is 115 Å². The molecule has 5 heteroatoms. The first-order chi connectivity index (χ1) is 8.58. The van der Waals surface area contributed by atoms with Crippen LogP contribution in [-0.2, 0) is 4.79 Å². The summed E-state index contributed by atoms with van der Waals surface area (Å²) < 4.78 is 0.903. The van der Waals surface area contributed by atoms with Crippen LogP contribution < -0.4 is 10.9 Å². The zero-order valence-corrected chi connectivity index (χ0v) is 12.1. The maximum atomic E-state index is 11.7. The third kappa shape index (κ3) is 4.14. The zero-order valence-electron chi connectivity index (χ0n) is 10.5. The average Bonchev–Trinajstić information content (AvgIpc) is 2.38. The number of nitrogens with one attached hydrogen (secondary N) is 2. The second-order valence-corrected chi connectivity index (χ2v) is 4.88. The van der Waals surface area contributed by atoms with Crippen LogP contribution in [-0.4, -0.2) is 11.8 Å². The van der Waals surface area contributed by atoms with E-state index in [1.165, 1.54) is 0 Å². The van der Waals surface area contributed by atoms with Crippen LogP contribution in [0.4, 0.5) is 0 Å². The van der Waals surface area contributed by atoms with Gasteiger partial charge >= 0.3 is 0 Å². The van der Waals surface area contributed by atoms with E-state index in [0.29, 0.717) is 5.56 Å². The fourth-order valence-electron chi connectivity index (χ4n) is 1.55. The summed E-state index contributed by atoms with van der Waals surface area (Å²) in [4.78, 5) is 23.4. The van der Waals surface area contributed by atoms with E-state index in [9.17, 15) is 9.59 Å². The first-order valence-electron chi connectivity index (χ1n) is 5.94. The topological polar surface area (TPSA) is 58.2 Å².